The van der Waals surface area contributed by atoms with Crippen LogP contribution in [0.1, 0.15) is 34.3 Å². The van der Waals surface area contributed by atoms with E-state index in [1.54, 1.807) is 6.20 Å². The van der Waals surface area contributed by atoms with E-state index >= 15 is 0 Å². The molecule has 0 aliphatic carbocycles. The predicted octanol–water partition coefficient (Wildman–Crippen LogP) is 3.18. The number of benzene rings is 2. The Bertz CT molecular complexity index is 1500. The van der Waals surface area contributed by atoms with Gasteiger partial charge in [0.1, 0.15) is 17.4 Å². The number of carbonyl (C=O) groups is 1. The summed E-state index contributed by atoms with van der Waals surface area (Å²) < 4.78 is 34.0. The molecular weight excluding hydrogens is 480 g/mol. The number of halogens is 2. The van der Waals surface area contributed by atoms with Crippen molar-refractivity contribution in [2.45, 2.75) is 32.0 Å². The smallest absolute Gasteiger partial charge is 0.266 e. The molecule has 0 saturated carbocycles. The minimum absolute atomic E-state index is 0.0520. The number of nitrogens with one attached hydrogen (secondary N) is 2. The first-order valence-electron chi connectivity index (χ1n) is 12.0. The Balaban J connectivity index is 1.27. The Labute approximate surface area is 211 Å². The molecule has 1 saturated heterocycles. The molecule has 3 heterocycles. The first-order chi connectivity index (χ1) is 18.0. The van der Waals surface area contributed by atoms with Gasteiger partial charge < -0.3 is 15.4 Å². The SMILES string of the molecule is O=C(NCc1ccc2ncc(OC3CCNCC3)cc2c1)c1cncn(Cc2ccc(F)c(F)c2)c1=O. The fourth-order valence-electron chi connectivity index (χ4n) is 4.27. The van der Waals surface area contributed by atoms with Crippen molar-refractivity contribution in [3.8, 4) is 5.75 Å². The maximum atomic E-state index is 13.5. The number of pyridine rings is 1. The third-order valence-corrected chi connectivity index (χ3v) is 6.25. The molecule has 2 N–H and O–H groups in total. The molecule has 1 fully saturated rings. The third kappa shape index (κ3) is 5.80. The van der Waals surface area contributed by atoms with Crippen molar-refractivity contribution in [2.24, 2.45) is 0 Å². The van der Waals surface area contributed by atoms with Gasteiger partial charge in [-0.3, -0.25) is 19.1 Å². The quantitative estimate of drug-likeness (QED) is 0.401. The zero-order valence-corrected chi connectivity index (χ0v) is 19.9. The molecule has 4 aromatic rings. The average Bonchev–Trinajstić information content (AvgIpc) is 2.91. The van der Waals surface area contributed by atoms with Gasteiger partial charge in [-0.15, -0.1) is 0 Å². The van der Waals surface area contributed by atoms with Crippen LogP contribution in [0.3, 0.4) is 0 Å². The molecule has 190 valence electrons. The Kier molecular flexibility index (Phi) is 7.18. The van der Waals surface area contributed by atoms with Crippen LogP contribution < -0.4 is 20.9 Å². The Morgan fingerprint density at radius 1 is 1.05 bits per heavy atom. The van der Waals surface area contributed by atoms with Gasteiger partial charge in [-0.1, -0.05) is 12.1 Å². The van der Waals surface area contributed by atoms with E-state index in [0.29, 0.717) is 11.3 Å². The molecule has 0 spiro atoms. The number of carbonyl (C=O) groups excluding carboxylic acids is 1. The monoisotopic (exact) mass is 505 g/mol. The number of nitrogens with zero attached hydrogens (tertiary/aromatic N) is 3. The topological polar surface area (TPSA) is 98.1 Å². The minimum atomic E-state index is -1.01. The average molecular weight is 506 g/mol. The van der Waals surface area contributed by atoms with Crippen LogP contribution in [-0.2, 0) is 13.1 Å². The van der Waals surface area contributed by atoms with E-state index in [4.69, 9.17) is 4.74 Å². The van der Waals surface area contributed by atoms with Gasteiger partial charge in [0, 0.05) is 18.1 Å². The number of hydrogen-bond donors (Lipinski definition) is 2. The van der Waals surface area contributed by atoms with Crippen LogP contribution in [0.15, 0.2) is 66.0 Å². The van der Waals surface area contributed by atoms with Gasteiger partial charge in [0.2, 0.25) is 0 Å². The van der Waals surface area contributed by atoms with Gasteiger partial charge in [-0.05, 0) is 67.4 Å². The summed E-state index contributed by atoms with van der Waals surface area (Å²) in [5.74, 6) is -1.86. The number of rotatable bonds is 7. The summed E-state index contributed by atoms with van der Waals surface area (Å²) in [6.45, 7) is 2.00. The van der Waals surface area contributed by atoms with Crippen molar-refractivity contribution in [1.82, 2.24) is 25.2 Å². The Morgan fingerprint density at radius 3 is 2.68 bits per heavy atom. The molecule has 10 heteroatoms. The van der Waals surface area contributed by atoms with Crippen LogP contribution >= 0.6 is 0 Å². The number of hydrogen-bond acceptors (Lipinski definition) is 6. The van der Waals surface area contributed by atoms with Crippen molar-refractivity contribution in [1.29, 1.82) is 0 Å². The first-order valence-corrected chi connectivity index (χ1v) is 12.0. The number of aromatic nitrogens is 3. The van der Waals surface area contributed by atoms with Gasteiger partial charge in [-0.25, -0.2) is 13.8 Å². The lowest BCUT2D eigenvalue weighted by Crippen LogP contribution is -2.34. The van der Waals surface area contributed by atoms with E-state index in [2.05, 4.69) is 20.6 Å². The number of ether oxygens (including phenoxy) is 1. The van der Waals surface area contributed by atoms with Crippen LogP contribution in [-0.4, -0.2) is 39.6 Å². The Hall–Kier alpha value is -4.18. The highest BCUT2D eigenvalue weighted by atomic mass is 19.2. The van der Waals surface area contributed by atoms with Gasteiger partial charge in [0.05, 0.1) is 24.6 Å². The molecule has 2 aromatic carbocycles. The second-order valence-electron chi connectivity index (χ2n) is 8.94. The minimum Gasteiger partial charge on any atom is -0.489 e. The summed E-state index contributed by atoms with van der Waals surface area (Å²) in [6.07, 6.45) is 6.21. The van der Waals surface area contributed by atoms with Gasteiger partial charge in [-0.2, -0.15) is 0 Å². The van der Waals surface area contributed by atoms with Gasteiger partial charge in [0.15, 0.2) is 11.6 Å². The Morgan fingerprint density at radius 2 is 1.86 bits per heavy atom. The molecule has 0 bridgehead atoms. The van der Waals surface area contributed by atoms with Crippen molar-refractivity contribution in [3.63, 3.8) is 0 Å². The molecule has 37 heavy (non-hydrogen) atoms. The lowest BCUT2D eigenvalue weighted by Gasteiger charge is -2.23. The van der Waals surface area contributed by atoms with E-state index in [0.717, 1.165) is 54.5 Å². The molecule has 0 radical (unpaired) electrons. The molecule has 1 aliphatic heterocycles. The summed E-state index contributed by atoms with van der Waals surface area (Å²) in [5, 5.41) is 6.94. The maximum absolute atomic E-state index is 13.5. The van der Waals surface area contributed by atoms with Crippen molar-refractivity contribution < 1.29 is 18.3 Å². The zero-order chi connectivity index (χ0) is 25.8. The number of amides is 1. The zero-order valence-electron chi connectivity index (χ0n) is 19.9. The predicted molar refractivity (Wildman–Crippen MR) is 133 cm³/mol. The highest BCUT2D eigenvalue weighted by Crippen LogP contribution is 2.22. The summed E-state index contributed by atoms with van der Waals surface area (Å²) >= 11 is 0. The maximum Gasteiger partial charge on any atom is 0.266 e. The highest BCUT2D eigenvalue weighted by Gasteiger charge is 2.16. The molecule has 0 atom stereocenters. The van der Waals surface area contributed by atoms with Crippen molar-refractivity contribution in [3.05, 3.63) is 99.9 Å². The lowest BCUT2D eigenvalue weighted by atomic mass is 10.1. The summed E-state index contributed by atoms with van der Waals surface area (Å²) in [5.41, 5.74) is 1.27. The fourth-order valence-corrected chi connectivity index (χ4v) is 4.27. The van der Waals surface area contributed by atoms with Crippen LogP contribution in [0.2, 0.25) is 0 Å². The van der Waals surface area contributed by atoms with E-state index in [1.165, 1.54) is 23.2 Å². The second-order valence-corrected chi connectivity index (χ2v) is 8.94. The highest BCUT2D eigenvalue weighted by molar-refractivity contribution is 5.93. The van der Waals surface area contributed by atoms with Gasteiger partial charge >= 0.3 is 0 Å². The van der Waals surface area contributed by atoms with Crippen LogP contribution in [0, 0.1) is 11.6 Å². The molecular formula is C27H25F2N5O3. The standard InChI is InChI=1S/C27H25F2N5O3/c28-23-3-1-18(10-24(23)29)15-34-16-31-14-22(27(34)36)26(35)33-12-17-2-4-25-19(9-17)11-21(13-32-25)37-20-5-7-30-8-6-20/h1-4,9-11,13-14,16,20,30H,5-8,12,15H2,(H,33,35). The summed E-state index contributed by atoms with van der Waals surface area (Å²) in [7, 11) is 0. The van der Waals surface area contributed by atoms with Gasteiger partial charge in [0.25, 0.3) is 11.5 Å². The lowest BCUT2D eigenvalue weighted by molar-refractivity contribution is 0.0948. The van der Waals surface area contributed by atoms with E-state index in [-0.39, 0.29) is 24.8 Å². The molecule has 2 aromatic heterocycles. The normalized spacial score (nSPS) is 14.0. The fraction of sp³-hybridized carbons (Fsp3) is 0.259. The summed E-state index contributed by atoms with van der Waals surface area (Å²) in [4.78, 5) is 34.0. The number of piperidine rings is 1. The van der Waals surface area contributed by atoms with E-state index < -0.39 is 23.1 Å². The second kappa shape index (κ2) is 10.8. The van der Waals surface area contributed by atoms with Crippen LogP contribution in [0.4, 0.5) is 8.78 Å². The van der Waals surface area contributed by atoms with Crippen LogP contribution in [0.25, 0.3) is 10.9 Å². The molecule has 1 amide bonds. The largest absolute Gasteiger partial charge is 0.489 e. The third-order valence-electron chi connectivity index (χ3n) is 6.25. The molecule has 8 nitrogen and oxygen atoms in total. The molecule has 0 unspecified atom stereocenters. The summed E-state index contributed by atoms with van der Waals surface area (Å²) in [6, 6.07) is 10.9. The number of fused-ring (bicyclic) bond motifs is 1. The first kappa shape index (κ1) is 24.5. The van der Waals surface area contributed by atoms with Crippen LogP contribution in [0.5, 0.6) is 5.75 Å². The van der Waals surface area contributed by atoms with Crippen molar-refractivity contribution >= 4 is 16.8 Å². The van der Waals surface area contributed by atoms with E-state index in [1.807, 2.05) is 24.3 Å². The van der Waals surface area contributed by atoms with E-state index in [9.17, 15) is 18.4 Å². The molecule has 5 rings (SSSR count). The van der Waals surface area contributed by atoms with Crippen molar-refractivity contribution in [2.75, 3.05) is 13.1 Å². The molecule has 1 aliphatic rings.